The lowest BCUT2D eigenvalue weighted by molar-refractivity contribution is 0.534. The summed E-state index contributed by atoms with van der Waals surface area (Å²) in [5, 5.41) is 0. The normalized spacial score (nSPS) is 12.6. The van der Waals surface area contributed by atoms with E-state index in [-0.39, 0.29) is 23.0 Å². The first kappa shape index (κ1) is 17.6. The van der Waals surface area contributed by atoms with Crippen molar-refractivity contribution in [1.82, 2.24) is 4.72 Å². The number of hydrogen-bond acceptors (Lipinski definition) is 3. The van der Waals surface area contributed by atoms with E-state index in [1.165, 1.54) is 6.07 Å². The van der Waals surface area contributed by atoms with Crippen molar-refractivity contribution in [2.24, 2.45) is 5.73 Å². The maximum Gasteiger partial charge on any atom is 0.242 e. The highest BCUT2D eigenvalue weighted by molar-refractivity contribution is 7.89. The Balaban J connectivity index is 3.07. The van der Waals surface area contributed by atoms with Gasteiger partial charge in [0.25, 0.3) is 0 Å². The van der Waals surface area contributed by atoms with Crippen LogP contribution in [0.15, 0.2) is 23.1 Å². The van der Waals surface area contributed by atoms with Crippen LogP contribution in [0.4, 0.5) is 4.39 Å². The number of hydrogen-bond donors (Lipinski definition) is 2. The molecule has 4 nitrogen and oxygen atoms in total. The number of benzene rings is 1. The number of rotatable bonds is 6. The van der Waals surface area contributed by atoms with Crippen molar-refractivity contribution in [3.8, 4) is 11.8 Å². The molecule has 0 amide bonds. The van der Waals surface area contributed by atoms with E-state index in [1.54, 1.807) is 0 Å². The molecule has 0 radical (unpaired) electrons. The highest BCUT2D eigenvalue weighted by atomic mass is 32.2. The van der Waals surface area contributed by atoms with Crippen LogP contribution in [-0.2, 0) is 10.0 Å². The fourth-order valence-corrected chi connectivity index (χ4v) is 3.30. The minimum Gasteiger partial charge on any atom is -0.320 e. The maximum atomic E-state index is 13.3. The number of unbranched alkanes of at least 4 members (excludes halogenated alkanes) is 1. The third kappa shape index (κ3) is 5.46. The molecule has 116 valence electrons. The Bertz CT molecular complexity index is 633. The second kappa shape index (κ2) is 8.13. The standard InChI is InChI=1S/C15H21FN2O2S/c1-3-4-6-12(2)18-21(19,20)15-9-8-14(16)11-13(15)7-5-10-17/h8-9,11-12,18H,3-4,6,10,17H2,1-2H3. The molecule has 0 aliphatic heterocycles. The molecule has 6 heteroatoms. The van der Waals surface area contributed by atoms with Gasteiger partial charge in [0.05, 0.1) is 11.4 Å². The van der Waals surface area contributed by atoms with Gasteiger partial charge in [0.15, 0.2) is 0 Å². The monoisotopic (exact) mass is 312 g/mol. The van der Waals surface area contributed by atoms with E-state index < -0.39 is 15.8 Å². The highest BCUT2D eigenvalue weighted by Crippen LogP contribution is 2.17. The largest absolute Gasteiger partial charge is 0.320 e. The molecule has 1 unspecified atom stereocenters. The van der Waals surface area contributed by atoms with Gasteiger partial charge in [0.2, 0.25) is 10.0 Å². The summed E-state index contributed by atoms with van der Waals surface area (Å²) < 4.78 is 40.6. The van der Waals surface area contributed by atoms with E-state index in [4.69, 9.17) is 5.73 Å². The maximum absolute atomic E-state index is 13.3. The SMILES string of the molecule is CCCCC(C)NS(=O)(=O)c1ccc(F)cc1C#CCN. The molecule has 0 aliphatic carbocycles. The first-order valence-electron chi connectivity index (χ1n) is 6.91. The lowest BCUT2D eigenvalue weighted by Crippen LogP contribution is -2.33. The highest BCUT2D eigenvalue weighted by Gasteiger charge is 2.20. The Labute approximate surface area is 126 Å². The summed E-state index contributed by atoms with van der Waals surface area (Å²) in [7, 11) is -3.73. The Morgan fingerprint density at radius 1 is 1.43 bits per heavy atom. The lowest BCUT2D eigenvalue weighted by atomic mass is 10.2. The van der Waals surface area contributed by atoms with Gasteiger partial charge in [-0.05, 0) is 31.5 Å². The van der Waals surface area contributed by atoms with Crippen LogP contribution in [0.5, 0.6) is 0 Å². The molecule has 1 aromatic carbocycles. The van der Waals surface area contributed by atoms with Crippen molar-refractivity contribution in [2.45, 2.75) is 44.0 Å². The Morgan fingerprint density at radius 3 is 2.76 bits per heavy atom. The fraction of sp³-hybridized carbons (Fsp3) is 0.467. The summed E-state index contributed by atoms with van der Waals surface area (Å²) in [6, 6.07) is 3.26. The first-order valence-corrected chi connectivity index (χ1v) is 8.39. The van der Waals surface area contributed by atoms with Gasteiger partial charge in [-0.2, -0.15) is 0 Å². The zero-order valence-electron chi connectivity index (χ0n) is 12.3. The van der Waals surface area contributed by atoms with Crippen LogP contribution in [0, 0.1) is 17.7 Å². The van der Waals surface area contributed by atoms with Crippen molar-refractivity contribution >= 4 is 10.0 Å². The van der Waals surface area contributed by atoms with Crippen LogP contribution in [0.25, 0.3) is 0 Å². The summed E-state index contributed by atoms with van der Waals surface area (Å²) >= 11 is 0. The van der Waals surface area contributed by atoms with Crippen LogP contribution >= 0.6 is 0 Å². The van der Waals surface area contributed by atoms with Gasteiger partial charge < -0.3 is 5.73 Å². The molecule has 0 aliphatic rings. The minimum atomic E-state index is -3.73. The van der Waals surface area contributed by atoms with Crippen LogP contribution < -0.4 is 10.5 Å². The van der Waals surface area contributed by atoms with Crippen molar-refractivity contribution in [3.63, 3.8) is 0 Å². The van der Waals surface area contributed by atoms with Gasteiger partial charge in [-0.3, -0.25) is 0 Å². The second-order valence-electron chi connectivity index (χ2n) is 4.81. The summed E-state index contributed by atoms with van der Waals surface area (Å²) in [5.41, 5.74) is 5.40. The van der Waals surface area contributed by atoms with Crippen LogP contribution in [0.3, 0.4) is 0 Å². The van der Waals surface area contributed by atoms with Gasteiger partial charge in [0.1, 0.15) is 5.82 Å². The van der Waals surface area contributed by atoms with E-state index in [2.05, 4.69) is 16.6 Å². The molecule has 1 aromatic rings. The molecule has 3 N–H and O–H groups in total. The average Bonchev–Trinajstić information content (AvgIpc) is 2.42. The molecule has 1 atom stereocenters. The fourth-order valence-electron chi connectivity index (χ4n) is 1.88. The number of nitrogens with two attached hydrogens (primary N) is 1. The van der Waals surface area contributed by atoms with Crippen LogP contribution in [0.1, 0.15) is 38.7 Å². The molecule has 0 saturated carbocycles. The zero-order valence-corrected chi connectivity index (χ0v) is 13.1. The molecule has 0 fully saturated rings. The van der Waals surface area contributed by atoms with Crippen molar-refractivity contribution in [2.75, 3.05) is 6.54 Å². The number of sulfonamides is 1. The van der Waals surface area contributed by atoms with E-state index in [0.717, 1.165) is 31.4 Å². The molecule has 0 saturated heterocycles. The third-order valence-corrected chi connectivity index (χ3v) is 4.55. The van der Waals surface area contributed by atoms with Gasteiger partial charge in [-0.25, -0.2) is 17.5 Å². The van der Waals surface area contributed by atoms with Crippen LogP contribution in [0.2, 0.25) is 0 Å². The molecular formula is C15H21FN2O2S. The predicted octanol–water partition coefficient (Wildman–Crippen LogP) is 1.99. The smallest absolute Gasteiger partial charge is 0.242 e. The molecule has 1 rings (SSSR count). The molecule has 0 bridgehead atoms. The molecule has 21 heavy (non-hydrogen) atoms. The molecular weight excluding hydrogens is 291 g/mol. The minimum absolute atomic E-state index is 0.0202. The van der Waals surface area contributed by atoms with Gasteiger partial charge in [-0.15, -0.1) is 0 Å². The Kier molecular flexibility index (Phi) is 6.82. The lowest BCUT2D eigenvalue weighted by Gasteiger charge is -2.14. The molecule has 0 spiro atoms. The average molecular weight is 312 g/mol. The quantitative estimate of drug-likeness (QED) is 0.789. The number of nitrogens with one attached hydrogen (secondary N) is 1. The first-order chi connectivity index (χ1) is 9.90. The Morgan fingerprint density at radius 2 is 2.14 bits per heavy atom. The van der Waals surface area contributed by atoms with E-state index in [9.17, 15) is 12.8 Å². The Hall–Kier alpha value is -1.42. The van der Waals surface area contributed by atoms with E-state index in [0.29, 0.717) is 0 Å². The second-order valence-corrected chi connectivity index (χ2v) is 6.49. The summed E-state index contributed by atoms with van der Waals surface area (Å²) in [5.74, 6) is 4.62. The topological polar surface area (TPSA) is 72.2 Å². The molecule has 0 heterocycles. The number of halogens is 1. The predicted molar refractivity (Wildman–Crippen MR) is 81.6 cm³/mol. The van der Waals surface area contributed by atoms with Crippen molar-refractivity contribution in [1.29, 1.82) is 0 Å². The van der Waals surface area contributed by atoms with E-state index >= 15 is 0 Å². The van der Waals surface area contributed by atoms with Gasteiger partial charge in [-0.1, -0.05) is 31.6 Å². The van der Waals surface area contributed by atoms with Crippen molar-refractivity contribution < 1.29 is 12.8 Å². The zero-order chi connectivity index (χ0) is 15.9. The van der Waals surface area contributed by atoms with Crippen molar-refractivity contribution in [3.05, 3.63) is 29.6 Å². The van der Waals surface area contributed by atoms with Gasteiger partial charge >= 0.3 is 0 Å². The molecule has 0 aromatic heterocycles. The third-order valence-electron chi connectivity index (χ3n) is 2.90. The van der Waals surface area contributed by atoms with E-state index in [1.807, 2.05) is 13.8 Å². The van der Waals surface area contributed by atoms with Crippen LogP contribution in [-0.4, -0.2) is 21.0 Å². The summed E-state index contributed by atoms with van der Waals surface area (Å²) in [6.07, 6.45) is 2.68. The summed E-state index contributed by atoms with van der Waals surface area (Å²) in [4.78, 5) is -0.0202. The summed E-state index contributed by atoms with van der Waals surface area (Å²) in [6.45, 7) is 3.93. The van der Waals surface area contributed by atoms with Gasteiger partial charge in [0, 0.05) is 11.6 Å².